The highest BCUT2D eigenvalue weighted by Gasteiger charge is 2.21. The van der Waals surface area contributed by atoms with Gasteiger partial charge in [-0.1, -0.05) is 134 Å². The van der Waals surface area contributed by atoms with Crippen molar-refractivity contribution < 1.29 is 0 Å². The first-order valence-corrected chi connectivity index (χ1v) is 23.4. The summed E-state index contributed by atoms with van der Waals surface area (Å²) in [6.07, 6.45) is 2.00. The Kier molecular flexibility index (Phi) is 8.95. The fourth-order valence-electron chi connectivity index (χ4n) is 10.1. The van der Waals surface area contributed by atoms with Crippen molar-refractivity contribution >= 4 is 84.8 Å². The van der Waals surface area contributed by atoms with E-state index in [2.05, 4.69) is 213 Å². The average molecular weight is 830 g/mol. The van der Waals surface area contributed by atoms with E-state index in [0.29, 0.717) is 5.92 Å². The lowest BCUT2D eigenvalue weighted by atomic mass is 9.84. The van der Waals surface area contributed by atoms with E-state index in [-0.39, 0.29) is 0 Å². The van der Waals surface area contributed by atoms with E-state index in [1.54, 1.807) is 0 Å². The molecule has 3 heterocycles. The summed E-state index contributed by atoms with van der Waals surface area (Å²) in [7, 11) is 0. The van der Waals surface area contributed by atoms with Crippen LogP contribution in [0.2, 0.25) is 0 Å². The van der Waals surface area contributed by atoms with Crippen LogP contribution < -0.4 is 0 Å². The first-order valence-electron chi connectivity index (χ1n) is 21.7. The van der Waals surface area contributed by atoms with Crippen molar-refractivity contribution in [1.29, 1.82) is 0 Å². The molecule has 3 heteroatoms. The summed E-state index contributed by atoms with van der Waals surface area (Å²) in [5, 5.41) is 7.97. The zero-order valence-corrected chi connectivity index (χ0v) is 36.4. The zero-order valence-electron chi connectivity index (χ0n) is 34.7. The van der Waals surface area contributed by atoms with Crippen molar-refractivity contribution in [2.24, 2.45) is 0 Å². The van der Waals surface area contributed by atoms with Gasteiger partial charge in [0.15, 0.2) is 0 Å². The normalized spacial score (nSPS) is 12.4. The summed E-state index contributed by atoms with van der Waals surface area (Å²) >= 11 is 3.82. The predicted octanol–water partition coefficient (Wildman–Crippen LogP) is 17.6. The third-order valence-corrected chi connectivity index (χ3v) is 15.6. The van der Waals surface area contributed by atoms with Crippen molar-refractivity contribution in [2.75, 3.05) is 0 Å². The molecule has 12 aromatic rings. The Morgan fingerprint density at radius 3 is 1.94 bits per heavy atom. The van der Waals surface area contributed by atoms with Crippen LogP contribution in [-0.2, 0) is 6.42 Å². The molecule has 0 fully saturated rings. The number of fused-ring (bicyclic) bond motifs is 9. The molecule has 9 aromatic carbocycles. The molecule has 0 saturated heterocycles. The summed E-state index contributed by atoms with van der Waals surface area (Å²) in [5.41, 5.74) is 15.5. The van der Waals surface area contributed by atoms with Gasteiger partial charge in [0.05, 0.1) is 11.0 Å². The Bertz CT molecular complexity index is 3670. The van der Waals surface area contributed by atoms with E-state index in [9.17, 15) is 0 Å². The van der Waals surface area contributed by atoms with Crippen LogP contribution in [0.15, 0.2) is 194 Å². The van der Waals surface area contributed by atoms with E-state index in [1.165, 1.54) is 118 Å². The molecule has 0 radical (unpaired) electrons. The molecule has 12 rings (SSSR count). The maximum absolute atomic E-state index is 2.53. The molecule has 0 bridgehead atoms. The molecule has 62 heavy (non-hydrogen) atoms. The largest absolute Gasteiger partial charge is 0.309 e. The van der Waals surface area contributed by atoms with Crippen molar-refractivity contribution in [3.8, 4) is 39.1 Å². The maximum Gasteiger partial charge on any atom is 0.0547 e. The number of rotatable bonds is 8. The van der Waals surface area contributed by atoms with Crippen LogP contribution in [0.1, 0.15) is 36.0 Å². The molecular weight excluding hydrogens is 787 g/mol. The highest BCUT2D eigenvalue weighted by Crippen LogP contribution is 2.46. The first-order chi connectivity index (χ1) is 30.6. The van der Waals surface area contributed by atoms with Gasteiger partial charge in [-0.25, -0.2) is 0 Å². The van der Waals surface area contributed by atoms with Gasteiger partial charge in [0.25, 0.3) is 0 Å². The lowest BCUT2D eigenvalue weighted by molar-refractivity contribution is 0.662. The van der Waals surface area contributed by atoms with Gasteiger partial charge < -0.3 is 4.57 Å². The standard InChI is InChI=1S/C59H43NS2/c1-3-38(42-35-50(59-52(36-42)47-21-11-14-27-56(47)62-59)41-30-31-57-51(34-41)46-20-10-13-26-55(46)61-57)32-39-16-7-8-19-44(39)49-33-40(29-28-37(49)2)45-23-15-25-54-58(45)48-22-9-12-24-53(48)60(54)43-17-5-4-6-18-43/h4-31,33-36,38H,3,32H2,1-2H3. The van der Waals surface area contributed by atoms with Gasteiger partial charge >= 0.3 is 0 Å². The highest BCUT2D eigenvalue weighted by molar-refractivity contribution is 7.26. The van der Waals surface area contributed by atoms with Gasteiger partial charge in [0.1, 0.15) is 0 Å². The highest BCUT2D eigenvalue weighted by atomic mass is 32.1. The minimum atomic E-state index is 0.338. The molecule has 1 atom stereocenters. The van der Waals surface area contributed by atoms with Crippen LogP contribution in [0.4, 0.5) is 0 Å². The molecule has 0 aliphatic heterocycles. The molecule has 0 amide bonds. The fourth-order valence-corrected chi connectivity index (χ4v) is 12.4. The van der Waals surface area contributed by atoms with Crippen molar-refractivity contribution in [1.82, 2.24) is 4.57 Å². The van der Waals surface area contributed by atoms with Crippen molar-refractivity contribution in [2.45, 2.75) is 32.6 Å². The molecule has 1 nitrogen and oxygen atoms in total. The van der Waals surface area contributed by atoms with Crippen molar-refractivity contribution in [3.05, 3.63) is 211 Å². The predicted molar refractivity (Wildman–Crippen MR) is 271 cm³/mol. The average Bonchev–Trinajstić information content (AvgIpc) is 4.00. The van der Waals surface area contributed by atoms with Crippen molar-refractivity contribution in [3.63, 3.8) is 0 Å². The quantitative estimate of drug-likeness (QED) is 0.144. The molecule has 0 aliphatic rings. The first kappa shape index (κ1) is 37.0. The van der Waals surface area contributed by atoms with Gasteiger partial charge in [0.2, 0.25) is 0 Å². The van der Waals surface area contributed by atoms with E-state index in [1.807, 2.05) is 22.7 Å². The number of aryl methyl sites for hydroxylation is 1. The Labute approximate surface area is 369 Å². The van der Waals surface area contributed by atoms with Gasteiger partial charge in [-0.05, 0) is 142 Å². The minimum absolute atomic E-state index is 0.338. The molecule has 296 valence electrons. The number of nitrogens with zero attached hydrogens (tertiary/aromatic N) is 1. The van der Waals surface area contributed by atoms with Crippen LogP contribution in [-0.4, -0.2) is 4.57 Å². The Morgan fingerprint density at radius 1 is 0.452 bits per heavy atom. The van der Waals surface area contributed by atoms with Crippen LogP contribution in [0.3, 0.4) is 0 Å². The zero-order chi connectivity index (χ0) is 41.3. The van der Waals surface area contributed by atoms with Crippen LogP contribution in [0.5, 0.6) is 0 Å². The second kappa shape index (κ2) is 15.0. The summed E-state index contributed by atoms with van der Waals surface area (Å²) < 4.78 is 7.82. The van der Waals surface area contributed by atoms with Gasteiger partial charge in [-0.2, -0.15) is 0 Å². The number of thiophene rings is 2. The number of aromatic nitrogens is 1. The number of benzene rings is 9. The summed E-state index contributed by atoms with van der Waals surface area (Å²) in [6, 6.07) is 72.6. The lowest BCUT2D eigenvalue weighted by Crippen LogP contribution is -2.04. The SMILES string of the molecule is CCC(Cc1ccccc1-c1cc(-c2cccc3c2c2ccccc2n3-c2ccccc2)ccc1C)c1cc(-c2ccc3sc4ccccc4c3c2)c2sc3ccccc3c2c1. The number of hydrogen-bond acceptors (Lipinski definition) is 2. The lowest BCUT2D eigenvalue weighted by Gasteiger charge is -2.21. The second-order valence-electron chi connectivity index (χ2n) is 16.7. The Hall–Kier alpha value is -6.78. The Balaban J connectivity index is 0.974. The molecule has 0 saturated carbocycles. The fraction of sp³-hybridized carbons (Fsp3) is 0.0847. The van der Waals surface area contributed by atoms with Crippen LogP contribution >= 0.6 is 22.7 Å². The maximum atomic E-state index is 2.53. The van der Waals surface area contributed by atoms with E-state index in [4.69, 9.17) is 0 Å². The molecule has 3 aromatic heterocycles. The van der Waals surface area contributed by atoms with E-state index < -0.39 is 0 Å². The second-order valence-corrected chi connectivity index (χ2v) is 18.9. The summed E-state index contributed by atoms with van der Waals surface area (Å²) in [5.74, 6) is 0.338. The van der Waals surface area contributed by atoms with Crippen LogP contribution in [0.25, 0.3) is 101 Å². The van der Waals surface area contributed by atoms with Gasteiger partial charge in [0, 0.05) is 56.8 Å². The van der Waals surface area contributed by atoms with E-state index >= 15 is 0 Å². The third-order valence-electron chi connectivity index (χ3n) is 13.2. The molecular formula is C59H43NS2. The minimum Gasteiger partial charge on any atom is -0.309 e. The number of hydrogen-bond donors (Lipinski definition) is 0. The number of para-hydroxylation sites is 2. The monoisotopic (exact) mass is 829 g/mol. The third kappa shape index (κ3) is 6.02. The Morgan fingerprint density at radius 2 is 1.10 bits per heavy atom. The smallest absolute Gasteiger partial charge is 0.0547 e. The topological polar surface area (TPSA) is 4.93 Å². The van der Waals surface area contributed by atoms with Crippen LogP contribution in [0, 0.1) is 6.92 Å². The van der Waals surface area contributed by atoms with Gasteiger partial charge in [-0.15, -0.1) is 22.7 Å². The molecule has 0 aliphatic carbocycles. The molecule has 1 unspecified atom stereocenters. The summed E-state index contributed by atoms with van der Waals surface area (Å²) in [6.45, 7) is 4.63. The molecule has 0 spiro atoms. The summed E-state index contributed by atoms with van der Waals surface area (Å²) in [4.78, 5) is 0. The van der Waals surface area contributed by atoms with E-state index in [0.717, 1.165) is 12.8 Å². The van der Waals surface area contributed by atoms with Gasteiger partial charge in [-0.3, -0.25) is 0 Å². The molecule has 0 N–H and O–H groups in total.